The Morgan fingerprint density at radius 3 is 2.95 bits per heavy atom. The van der Waals surface area contributed by atoms with Crippen molar-refractivity contribution < 1.29 is 4.39 Å². The Kier molecular flexibility index (Phi) is 4.94. The molecule has 0 bridgehead atoms. The van der Waals surface area contributed by atoms with Gasteiger partial charge >= 0.3 is 0 Å². The molecular formula is C16H25FN2. The first-order valence-corrected chi connectivity index (χ1v) is 7.35. The molecule has 106 valence electrons. The molecular weight excluding hydrogens is 239 g/mol. The van der Waals surface area contributed by atoms with Gasteiger partial charge in [-0.3, -0.25) is 4.90 Å². The normalized spacial score (nSPS) is 22.4. The maximum atomic E-state index is 13.5. The monoisotopic (exact) mass is 264 g/mol. The summed E-state index contributed by atoms with van der Waals surface area (Å²) >= 11 is 0. The molecule has 2 rings (SSSR count). The molecule has 19 heavy (non-hydrogen) atoms. The van der Waals surface area contributed by atoms with Crippen molar-refractivity contribution in [2.75, 3.05) is 19.6 Å². The third kappa shape index (κ3) is 3.34. The minimum Gasteiger partial charge on any atom is -0.329 e. The average molecular weight is 264 g/mol. The third-order valence-electron chi connectivity index (χ3n) is 4.39. The van der Waals surface area contributed by atoms with E-state index in [1.165, 1.54) is 25.3 Å². The smallest absolute Gasteiger partial charge is 0.123 e. The van der Waals surface area contributed by atoms with E-state index < -0.39 is 0 Å². The molecule has 0 radical (unpaired) electrons. The maximum Gasteiger partial charge on any atom is 0.123 e. The van der Waals surface area contributed by atoms with Crippen LogP contribution in [0.3, 0.4) is 0 Å². The minimum absolute atomic E-state index is 0.157. The van der Waals surface area contributed by atoms with Crippen molar-refractivity contribution in [3.63, 3.8) is 0 Å². The topological polar surface area (TPSA) is 29.3 Å². The summed E-state index contributed by atoms with van der Waals surface area (Å²) in [5.41, 5.74) is 8.17. The number of piperidine rings is 1. The Balaban J connectivity index is 2.21. The molecule has 1 aliphatic rings. The van der Waals surface area contributed by atoms with Gasteiger partial charge in [0.15, 0.2) is 0 Å². The van der Waals surface area contributed by atoms with E-state index in [1.54, 1.807) is 6.07 Å². The summed E-state index contributed by atoms with van der Waals surface area (Å²) in [5, 5.41) is 0. The Morgan fingerprint density at radius 1 is 1.47 bits per heavy atom. The van der Waals surface area contributed by atoms with Crippen LogP contribution in [0, 0.1) is 18.7 Å². The summed E-state index contributed by atoms with van der Waals surface area (Å²) in [4.78, 5) is 2.44. The van der Waals surface area contributed by atoms with Crippen molar-refractivity contribution >= 4 is 0 Å². The summed E-state index contributed by atoms with van der Waals surface area (Å²) in [5.74, 6) is 0.597. The minimum atomic E-state index is -0.164. The second-order valence-corrected chi connectivity index (χ2v) is 5.66. The van der Waals surface area contributed by atoms with Crippen molar-refractivity contribution in [3.05, 3.63) is 35.1 Å². The molecule has 1 heterocycles. The van der Waals surface area contributed by atoms with E-state index in [0.717, 1.165) is 30.1 Å². The predicted molar refractivity (Wildman–Crippen MR) is 77.5 cm³/mol. The van der Waals surface area contributed by atoms with E-state index >= 15 is 0 Å². The van der Waals surface area contributed by atoms with Gasteiger partial charge in [-0.15, -0.1) is 0 Å². The first-order chi connectivity index (χ1) is 9.15. The molecule has 3 heteroatoms. The number of nitrogens with two attached hydrogens (primary N) is 1. The van der Waals surface area contributed by atoms with Crippen LogP contribution >= 0.6 is 0 Å². The first kappa shape index (κ1) is 14.5. The summed E-state index contributed by atoms with van der Waals surface area (Å²) < 4.78 is 13.5. The summed E-state index contributed by atoms with van der Waals surface area (Å²) in [6.07, 6.45) is 3.76. The highest BCUT2D eigenvalue weighted by molar-refractivity contribution is 5.30. The molecule has 1 fully saturated rings. The van der Waals surface area contributed by atoms with E-state index in [0.29, 0.717) is 6.54 Å². The van der Waals surface area contributed by atoms with Gasteiger partial charge in [0, 0.05) is 19.1 Å². The lowest BCUT2D eigenvalue weighted by molar-refractivity contribution is 0.123. The zero-order valence-corrected chi connectivity index (χ0v) is 12.0. The van der Waals surface area contributed by atoms with Crippen molar-refractivity contribution in [1.82, 2.24) is 4.90 Å². The lowest BCUT2D eigenvalue weighted by Gasteiger charge is -2.38. The molecule has 0 saturated carbocycles. The van der Waals surface area contributed by atoms with Gasteiger partial charge in [0.2, 0.25) is 0 Å². The highest BCUT2D eigenvalue weighted by Crippen LogP contribution is 2.29. The summed E-state index contributed by atoms with van der Waals surface area (Å²) in [7, 11) is 0. The fraction of sp³-hybridized carbons (Fsp3) is 0.625. The Morgan fingerprint density at radius 2 is 2.26 bits per heavy atom. The van der Waals surface area contributed by atoms with Crippen LogP contribution in [0.5, 0.6) is 0 Å². The molecule has 2 N–H and O–H groups in total. The molecule has 2 nitrogen and oxygen atoms in total. The van der Waals surface area contributed by atoms with Crippen LogP contribution in [0.25, 0.3) is 0 Å². The van der Waals surface area contributed by atoms with E-state index in [1.807, 2.05) is 13.0 Å². The van der Waals surface area contributed by atoms with Gasteiger partial charge < -0.3 is 5.73 Å². The number of hydrogen-bond donors (Lipinski definition) is 1. The second-order valence-electron chi connectivity index (χ2n) is 5.66. The van der Waals surface area contributed by atoms with E-state index in [2.05, 4.69) is 11.8 Å². The van der Waals surface area contributed by atoms with Gasteiger partial charge in [-0.05, 0) is 55.5 Å². The molecule has 0 aromatic heterocycles. The van der Waals surface area contributed by atoms with E-state index in [9.17, 15) is 4.39 Å². The average Bonchev–Trinajstić information content (AvgIpc) is 2.44. The number of nitrogens with zero attached hydrogens (tertiary/aromatic N) is 1. The maximum absolute atomic E-state index is 13.5. The van der Waals surface area contributed by atoms with Gasteiger partial charge in [0.1, 0.15) is 5.82 Å². The molecule has 0 spiro atoms. The van der Waals surface area contributed by atoms with Crippen molar-refractivity contribution in [2.45, 2.75) is 39.2 Å². The van der Waals surface area contributed by atoms with Crippen LogP contribution in [0.4, 0.5) is 4.39 Å². The molecule has 1 saturated heterocycles. The van der Waals surface area contributed by atoms with Crippen LogP contribution in [-0.4, -0.2) is 24.5 Å². The largest absolute Gasteiger partial charge is 0.329 e. The Bertz CT molecular complexity index is 419. The van der Waals surface area contributed by atoms with Crippen molar-refractivity contribution in [2.24, 2.45) is 11.7 Å². The van der Waals surface area contributed by atoms with Gasteiger partial charge in [-0.2, -0.15) is 0 Å². The summed E-state index contributed by atoms with van der Waals surface area (Å²) in [6, 6.07) is 5.19. The third-order valence-corrected chi connectivity index (χ3v) is 4.39. The fourth-order valence-electron chi connectivity index (χ4n) is 3.16. The second kappa shape index (κ2) is 6.49. The molecule has 1 aromatic rings. The van der Waals surface area contributed by atoms with Crippen molar-refractivity contribution in [1.29, 1.82) is 0 Å². The molecule has 0 aliphatic carbocycles. The molecule has 1 aliphatic heterocycles. The zero-order chi connectivity index (χ0) is 13.8. The van der Waals surface area contributed by atoms with Gasteiger partial charge in [0.25, 0.3) is 0 Å². The number of rotatable bonds is 4. The van der Waals surface area contributed by atoms with E-state index in [-0.39, 0.29) is 11.9 Å². The van der Waals surface area contributed by atoms with Crippen LogP contribution < -0.4 is 5.73 Å². The molecule has 0 amide bonds. The first-order valence-electron chi connectivity index (χ1n) is 7.35. The number of hydrogen-bond acceptors (Lipinski definition) is 2. The molecule has 2 atom stereocenters. The molecule has 1 aromatic carbocycles. The van der Waals surface area contributed by atoms with Gasteiger partial charge in [-0.25, -0.2) is 4.39 Å². The molecule has 2 unspecified atom stereocenters. The van der Waals surface area contributed by atoms with Gasteiger partial charge in [-0.1, -0.05) is 19.4 Å². The number of aryl methyl sites for hydroxylation is 1. The lowest BCUT2D eigenvalue weighted by atomic mass is 9.92. The SMILES string of the molecule is CCC1CCCN(C(CN)c2cc(F)ccc2C)C1. The predicted octanol–water partition coefficient (Wildman–Crippen LogP) is 3.26. The quantitative estimate of drug-likeness (QED) is 0.904. The fourth-order valence-corrected chi connectivity index (χ4v) is 3.16. The highest BCUT2D eigenvalue weighted by atomic mass is 19.1. The van der Waals surface area contributed by atoms with Crippen molar-refractivity contribution in [3.8, 4) is 0 Å². The van der Waals surface area contributed by atoms with Crippen LogP contribution in [0.2, 0.25) is 0 Å². The Hall–Kier alpha value is -0.930. The number of halogens is 1. The zero-order valence-electron chi connectivity index (χ0n) is 12.0. The lowest BCUT2D eigenvalue weighted by Crippen LogP contribution is -2.41. The van der Waals surface area contributed by atoms with Crippen LogP contribution in [0.15, 0.2) is 18.2 Å². The number of likely N-dealkylation sites (tertiary alicyclic amines) is 1. The van der Waals surface area contributed by atoms with Crippen LogP contribution in [0.1, 0.15) is 43.4 Å². The Labute approximate surface area is 115 Å². The van der Waals surface area contributed by atoms with Gasteiger partial charge in [0.05, 0.1) is 0 Å². The number of benzene rings is 1. The summed E-state index contributed by atoms with van der Waals surface area (Å²) in [6.45, 7) is 7.01. The highest BCUT2D eigenvalue weighted by Gasteiger charge is 2.26. The van der Waals surface area contributed by atoms with E-state index in [4.69, 9.17) is 5.73 Å². The van der Waals surface area contributed by atoms with Crippen LogP contribution in [-0.2, 0) is 0 Å². The standard InChI is InChI=1S/C16H25FN2/c1-3-13-5-4-8-19(11-13)16(10-18)15-9-14(17)7-6-12(15)2/h6-7,9,13,16H,3-5,8,10-11,18H2,1-2H3.